The van der Waals surface area contributed by atoms with Crippen molar-refractivity contribution in [3.05, 3.63) is 100 Å². The van der Waals surface area contributed by atoms with Crippen LogP contribution in [-0.2, 0) is 26.5 Å². The third-order valence-electron chi connectivity index (χ3n) is 8.27. The van der Waals surface area contributed by atoms with Gasteiger partial charge in [0.05, 0.1) is 6.61 Å². The molecule has 7 heteroatoms. The van der Waals surface area contributed by atoms with Crippen molar-refractivity contribution in [3.8, 4) is 0 Å². The van der Waals surface area contributed by atoms with E-state index >= 15 is 0 Å². The molecule has 2 N–H and O–H groups in total. The summed E-state index contributed by atoms with van der Waals surface area (Å²) in [4.78, 5) is 38.1. The highest BCUT2D eigenvalue weighted by Crippen LogP contribution is 2.49. The normalized spacial score (nSPS) is 20.6. The van der Waals surface area contributed by atoms with Gasteiger partial charge in [0.1, 0.15) is 13.7 Å². The Morgan fingerprint density at radius 2 is 1.63 bits per heavy atom. The largest absolute Gasteiger partial charge is 0.399 e. The quantitative estimate of drug-likeness (QED) is 0.240. The van der Waals surface area contributed by atoms with Gasteiger partial charge in [-0.15, -0.1) is 0 Å². The van der Waals surface area contributed by atoms with Gasteiger partial charge in [-0.3, -0.25) is 19.3 Å². The lowest BCUT2D eigenvalue weighted by Crippen LogP contribution is -2.63. The van der Waals surface area contributed by atoms with Crippen LogP contribution in [0.1, 0.15) is 51.0 Å². The van der Waals surface area contributed by atoms with Crippen molar-refractivity contribution in [2.75, 3.05) is 12.3 Å². The van der Waals surface area contributed by atoms with Crippen molar-refractivity contribution < 1.29 is 19.1 Å². The van der Waals surface area contributed by atoms with Crippen molar-refractivity contribution in [2.45, 2.75) is 45.1 Å². The zero-order valence-electron chi connectivity index (χ0n) is 21.8. The lowest BCUT2D eigenvalue weighted by atomic mass is 9.78. The fourth-order valence-electron chi connectivity index (χ4n) is 6.26. The second-order valence-electron chi connectivity index (χ2n) is 11.0. The Kier molecular flexibility index (Phi) is 5.56. The third-order valence-corrected chi connectivity index (χ3v) is 11.8. The molecule has 38 heavy (non-hydrogen) atoms. The summed E-state index contributed by atoms with van der Waals surface area (Å²) >= 11 is 0. The number of imide groups is 1. The zero-order chi connectivity index (χ0) is 26.8. The highest BCUT2D eigenvalue weighted by Gasteiger charge is 2.52. The standard InChI is InChI=1S/C31H30N2O4Si/c1-19-6-10-23-27(15-19)38(2,3)28-17-22(32)9-11-24(28)31(23)25-16-20(7-8-21(25)18-37-31)26(34)5-4-14-33-29(35)12-13-30(33)36/h6-13,15-17H,4-5,14,18,32H2,1-3H3. The molecule has 2 amide bonds. The summed E-state index contributed by atoms with van der Waals surface area (Å²) in [5.41, 5.74) is 12.4. The van der Waals surface area contributed by atoms with Crippen LogP contribution in [0.2, 0.25) is 13.1 Å². The second-order valence-corrected chi connectivity index (χ2v) is 15.3. The summed E-state index contributed by atoms with van der Waals surface area (Å²) in [5.74, 6) is -0.666. The first-order valence-corrected chi connectivity index (χ1v) is 16.0. The number of ether oxygens (including phenoxy) is 1. The number of hydrogen-bond donors (Lipinski definition) is 1. The maximum absolute atomic E-state index is 13.3. The highest BCUT2D eigenvalue weighted by molar-refractivity contribution is 7.01. The molecule has 6 rings (SSSR count). The Hall–Kier alpha value is -3.81. The van der Waals surface area contributed by atoms with E-state index in [1.807, 2.05) is 24.3 Å². The van der Waals surface area contributed by atoms with E-state index in [1.165, 1.54) is 33.0 Å². The number of nitrogens with two attached hydrogens (primary N) is 1. The number of amides is 2. The van der Waals surface area contributed by atoms with Gasteiger partial charge in [0.15, 0.2) is 5.78 Å². The fraction of sp³-hybridized carbons (Fsp3) is 0.258. The van der Waals surface area contributed by atoms with Crippen molar-refractivity contribution in [1.29, 1.82) is 0 Å². The van der Waals surface area contributed by atoms with Crippen molar-refractivity contribution in [2.24, 2.45) is 0 Å². The first-order valence-electron chi connectivity index (χ1n) is 13.0. The van der Waals surface area contributed by atoms with Gasteiger partial charge in [-0.2, -0.15) is 0 Å². The number of anilines is 1. The summed E-state index contributed by atoms with van der Waals surface area (Å²) in [5, 5.41) is 2.59. The number of fused-ring (bicyclic) bond motifs is 6. The second kappa shape index (κ2) is 8.61. The Balaban J connectivity index is 1.41. The van der Waals surface area contributed by atoms with Gasteiger partial charge in [-0.1, -0.05) is 55.1 Å². The topological polar surface area (TPSA) is 89.7 Å². The van der Waals surface area contributed by atoms with Crippen LogP contribution in [0.3, 0.4) is 0 Å². The smallest absolute Gasteiger partial charge is 0.253 e. The Morgan fingerprint density at radius 1 is 0.947 bits per heavy atom. The van der Waals surface area contributed by atoms with Crippen molar-refractivity contribution in [3.63, 3.8) is 0 Å². The molecule has 192 valence electrons. The predicted octanol–water partition coefficient (Wildman–Crippen LogP) is 3.42. The number of carbonyl (C=O) groups excluding carboxylic acids is 3. The molecule has 0 aromatic heterocycles. The van der Waals surface area contributed by atoms with E-state index in [0.29, 0.717) is 18.6 Å². The third kappa shape index (κ3) is 3.53. The van der Waals surface area contributed by atoms with E-state index < -0.39 is 13.7 Å². The minimum absolute atomic E-state index is 0.0194. The molecule has 3 aromatic carbocycles. The van der Waals surface area contributed by atoms with E-state index in [0.717, 1.165) is 27.9 Å². The molecule has 1 atom stereocenters. The number of benzene rings is 3. The molecule has 0 radical (unpaired) electrons. The Bertz CT molecular complexity index is 1500. The van der Waals surface area contributed by atoms with Gasteiger partial charge in [0.25, 0.3) is 11.8 Å². The SMILES string of the molecule is Cc1ccc2c(c1)[Si](C)(C)c1cc(N)ccc1C21OCc2ccc(C(=O)CCCN3C(=O)C=CC3=O)cc21. The number of nitrogens with zero attached hydrogens (tertiary/aromatic N) is 1. The number of ketones is 1. The van der Waals surface area contributed by atoms with E-state index in [1.54, 1.807) is 0 Å². The monoisotopic (exact) mass is 522 g/mol. The molecule has 3 heterocycles. The number of aryl methyl sites for hydroxylation is 1. The van der Waals surface area contributed by atoms with Crippen molar-refractivity contribution in [1.82, 2.24) is 4.90 Å². The number of rotatable bonds is 5. The first-order chi connectivity index (χ1) is 18.1. The lowest BCUT2D eigenvalue weighted by Gasteiger charge is -2.44. The van der Waals surface area contributed by atoms with Crippen LogP contribution in [-0.4, -0.2) is 37.1 Å². The molecule has 0 saturated carbocycles. The zero-order valence-corrected chi connectivity index (χ0v) is 22.8. The van der Waals surface area contributed by atoms with Gasteiger partial charge in [0, 0.05) is 36.4 Å². The summed E-state index contributed by atoms with van der Waals surface area (Å²) in [6.45, 7) is 7.52. The molecule has 3 aliphatic rings. The van der Waals surface area contributed by atoms with E-state index in [4.69, 9.17) is 10.5 Å². The maximum atomic E-state index is 13.3. The number of nitrogen functional groups attached to an aromatic ring is 1. The minimum Gasteiger partial charge on any atom is -0.399 e. The molecule has 0 aliphatic carbocycles. The molecule has 0 bridgehead atoms. The molecule has 3 aromatic rings. The average molecular weight is 523 g/mol. The molecule has 0 saturated heterocycles. The summed E-state index contributed by atoms with van der Waals surface area (Å²) in [6, 6.07) is 18.6. The molecule has 3 aliphatic heterocycles. The molecule has 6 nitrogen and oxygen atoms in total. The summed E-state index contributed by atoms with van der Waals surface area (Å²) in [7, 11) is -2.08. The number of hydrogen-bond acceptors (Lipinski definition) is 5. The maximum Gasteiger partial charge on any atom is 0.253 e. The molecule has 1 unspecified atom stereocenters. The Morgan fingerprint density at radius 3 is 2.37 bits per heavy atom. The van der Waals surface area contributed by atoms with Gasteiger partial charge in [0.2, 0.25) is 0 Å². The van der Waals surface area contributed by atoms with Crippen LogP contribution in [0.25, 0.3) is 0 Å². The highest BCUT2D eigenvalue weighted by atomic mass is 28.3. The van der Waals surface area contributed by atoms with Crippen molar-refractivity contribution >= 4 is 41.7 Å². The molecular weight excluding hydrogens is 492 g/mol. The Labute approximate surface area is 223 Å². The van der Waals surface area contributed by atoms with Crippen LogP contribution < -0.4 is 16.1 Å². The van der Waals surface area contributed by atoms with E-state index in [2.05, 4.69) is 50.3 Å². The van der Waals surface area contributed by atoms with E-state index in [-0.39, 0.29) is 30.6 Å². The van der Waals surface area contributed by atoms with Gasteiger partial charge < -0.3 is 10.5 Å². The summed E-state index contributed by atoms with van der Waals surface area (Å²) < 4.78 is 6.77. The van der Waals surface area contributed by atoms with Crippen LogP contribution in [0.15, 0.2) is 66.7 Å². The lowest BCUT2D eigenvalue weighted by molar-refractivity contribution is -0.136. The minimum atomic E-state index is -2.08. The van der Waals surface area contributed by atoms with Gasteiger partial charge in [-0.05, 0) is 64.2 Å². The fourth-order valence-corrected chi connectivity index (χ4v) is 9.54. The molecule has 1 spiro atoms. The van der Waals surface area contributed by atoms with Gasteiger partial charge >= 0.3 is 0 Å². The van der Waals surface area contributed by atoms with Crippen LogP contribution >= 0.6 is 0 Å². The summed E-state index contributed by atoms with van der Waals surface area (Å²) in [6.07, 6.45) is 3.19. The van der Waals surface area contributed by atoms with E-state index in [9.17, 15) is 14.4 Å². The predicted molar refractivity (Wildman–Crippen MR) is 149 cm³/mol. The average Bonchev–Trinajstić information content (AvgIpc) is 3.43. The van der Waals surface area contributed by atoms with Gasteiger partial charge in [-0.25, -0.2) is 0 Å². The number of carbonyl (C=O) groups is 3. The van der Waals surface area contributed by atoms with Crippen LogP contribution in [0.5, 0.6) is 0 Å². The number of Topliss-reactive ketones (excluding diaryl/α,β-unsaturated/α-hetero) is 1. The molecule has 0 fully saturated rings. The molecular formula is C31H30N2O4Si. The van der Waals surface area contributed by atoms with Crippen LogP contribution in [0, 0.1) is 6.92 Å². The first kappa shape index (κ1) is 24.5. The van der Waals surface area contributed by atoms with Crippen LogP contribution in [0.4, 0.5) is 5.69 Å².